The van der Waals surface area contributed by atoms with Gasteiger partial charge in [-0.25, -0.2) is 0 Å². The summed E-state index contributed by atoms with van der Waals surface area (Å²) < 4.78 is 0. The Bertz CT molecular complexity index is 492. The third kappa shape index (κ3) is 5.09. The van der Waals surface area contributed by atoms with Crippen LogP contribution >= 0.6 is 0 Å². The maximum absolute atomic E-state index is 3.66. The molecule has 0 unspecified atom stereocenters. The molecule has 0 amide bonds. The minimum Gasteiger partial charge on any atom is -0.325 e. The van der Waals surface area contributed by atoms with Crippen molar-refractivity contribution in [2.24, 2.45) is 0 Å². The van der Waals surface area contributed by atoms with Crippen molar-refractivity contribution >= 4 is 11.8 Å². The molecule has 2 rings (SSSR count). The van der Waals surface area contributed by atoms with Crippen LogP contribution in [0.1, 0.15) is 5.56 Å². The quantitative estimate of drug-likeness (QED) is 0.727. The minimum atomic E-state index is 1.08. The second-order valence-electron chi connectivity index (χ2n) is 3.72. The van der Waals surface area contributed by atoms with E-state index in [-0.39, 0.29) is 0 Å². The van der Waals surface area contributed by atoms with Crippen molar-refractivity contribution in [3.05, 3.63) is 98.4 Å². The van der Waals surface area contributed by atoms with Crippen molar-refractivity contribution in [1.82, 2.24) is 0 Å². The fourth-order valence-electron chi connectivity index (χ4n) is 1.47. The molecule has 0 aliphatic heterocycles. The molecular formula is C18H19N. The smallest absolute Gasteiger partial charge is 0.0448 e. The summed E-state index contributed by atoms with van der Waals surface area (Å²) in [6.07, 6.45) is 5.28. The van der Waals surface area contributed by atoms with Gasteiger partial charge in [0.1, 0.15) is 0 Å². The van der Waals surface area contributed by atoms with Crippen LogP contribution in [-0.4, -0.2) is 0 Å². The molecule has 0 fully saturated rings. The summed E-state index contributed by atoms with van der Waals surface area (Å²) in [5.41, 5.74) is 2.25. The van der Waals surface area contributed by atoms with Crippen LogP contribution in [-0.2, 0) is 0 Å². The lowest BCUT2D eigenvalue weighted by molar-refractivity contribution is 1.30. The van der Waals surface area contributed by atoms with Crippen molar-refractivity contribution in [3.63, 3.8) is 0 Å². The van der Waals surface area contributed by atoms with Crippen molar-refractivity contribution in [3.8, 4) is 0 Å². The van der Waals surface area contributed by atoms with Gasteiger partial charge in [0.25, 0.3) is 0 Å². The Balaban J connectivity index is 0.000000200. The average molecular weight is 249 g/mol. The molecule has 0 atom stereocenters. The van der Waals surface area contributed by atoms with E-state index in [9.17, 15) is 0 Å². The lowest BCUT2D eigenvalue weighted by Gasteiger charge is -2.13. The fraction of sp³-hybridized carbons (Fsp3) is 0. The predicted molar refractivity (Wildman–Crippen MR) is 85.8 cm³/mol. The lowest BCUT2D eigenvalue weighted by atomic mass is 10.2. The first kappa shape index (κ1) is 14.5. The largest absolute Gasteiger partial charge is 0.325 e. The molecule has 2 aromatic carbocycles. The third-order valence-electron chi connectivity index (χ3n) is 2.48. The zero-order valence-corrected chi connectivity index (χ0v) is 11.1. The topological polar surface area (TPSA) is 3.24 Å². The molecule has 0 N–H and O–H groups in total. The van der Waals surface area contributed by atoms with E-state index in [1.165, 1.54) is 5.56 Å². The molecule has 96 valence electrons. The number of para-hydroxylation sites is 1. The van der Waals surface area contributed by atoms with Gasteiger partial charge in [0.2, 0.25) is 0 Å². The Morgan fingerprint density at radius 3 is 1.53 bits per heavy atom. The Labute approximate surface area is 115 Å². The first-order chi connectivity index (χ1) is 9.31. The van der Waals surface area contributed by atoms with Crippen LogP contribution in [0.4, 0.5) is 5.69 Å². The molecule has 1 nitrogen and oxygen atoms in total. The molecule has 0 bridgehead atoms. The van der Waals surface area contributed by atoms with Gasteiger partial charge in [-0.1, -0.05) is 74.3 Å². The van der Waals surface area contributed by atoms with Crippen LogP contribution < -0.4 is 4.90 Å². The van der Waals surface area contributed by atoms with E-state index >= 15 is 0 Å². The summed E-state index contributed by atoms with van der Waals surface area (Å²) in [7, 11) is 0. The Morgan fingerprint density at radius 2 is 1.16 bits per heavy atom. The van der Waals surface area contributed by atoms with Gasteiger partial charge in [0.05, 0.1) is 0 Å². The molecule has 0 aliphatic rings. The highest BCUT2D eigenvalue weighted by atomic mass is 15.1. The predicted octanol–water partition coefficient (Wildman–Crippen LogP) is 5.11. The molecule has 1 heteroatoms. The average Bonchev–Trinajstić information content (AvgIpc) is 2.51. The first-order valence-electron chi connectivity index (χ1n) is 6.07. The molecule has 0 radical (unpaired) electrons. The Hall–Kier alpha value is -2.54. The summed E-state index contributed by atoms with van der Waals surface area (Å²) in [4.78, 5) is 1.86. The van der Waals surface area contributed by atoms with Gasteiger partial charge in [-0.15, -0.1) is 0 Å². The number of anilines is 1. The van der Waals surface area contributed by atoms with Crippen molar-refractivity contribution in [1.29, 1.82) is 0 Å². The molecule has 0 aromatic heterocycles. The molecule has 0 heterocycles. The van der Waals surface area contributed by atoms with Crippen LogP contribution in [0.25, 0.3) is 6.08 Å². The Morgan fingerprint density at radius 1 is 0.684 bits per heavy atom. The van der Waals surface area contributed by atoms with Gasteiger partial charge in [-0.3, -0.25) is 0 Å². The van der Waals surface area contributed by atoms with E-state index < -0.39 is 0 Å². The summed E-state index contributed by atoms with van der Waals surface area (Å²) in [5.74, 6) is 0. The van der Waals surface area contributed by atoms with Gasteiger partial charge in [0.15, 0.2) is 0 Å². The normalized spacial score (nSPS) is 8.63. The molecule has 0 saturated carbocycles. The Kier molecular flexibility index (Phi) is 6.52. The van der Waals surface area contributed by atoms with Crippen LogP contribution in [0, 0.1) is 0 Å². The van der Waals surface area contributed by atoms with E-state index in [0.717, 1.165) is 5.69 Å². The zero-order chi connectivity index (χ0) is 13.9. The van der Waals surface area contributed by atoms with Crippen LogP contribution in [0.2, 0.25) is 0 Å². The SMILES string of the molecule is C=CN(C=C)c1ccccc1.C=Cc1ccccc1. The molecule has 0 spiro atoms. The first-order valence-corrected chi connectivity index (χ1v) is 6.07. The van der Waals surface area contributed by atoms with Crippen molar-refractivity contribution < 1.29 is 0 Å². The van der Waals surface area contributed by atoms with Crippen molar-refractivity contribution in [2.45, 2.75) is 0 Å². The number of rotatable bonds is 4. The van der Waals surface area contributed by atoms with Gasteiger partial charge in [-0.05, 0) is 17.7 Å². The number of nitrogens with zero attached hydrogens (tertiary/aromatic N) is 1. The second kappa shape index (κ2) is 8.54. The maximum Gasteiger partial charge on any atom is 0.0448 e. The van der Waals surface area contributed by atoms with E-state index in [4.69, 9.17) is 0 Å². The summed E-state index contributed by atoms with van der Waals surface area (Å²) in [6, 6.07) is 20.0. The number of benzene rings is 2. The second-order valence-corrected chi connectivity index (χ2v) is 3.72. The van der Waals surface area contributed by atoms with Gasteiger partial charge >= 0.3 is 0 Å². The summed E-state index contributed by atoms with van der Waals surface area (Å²) in [5, 5.41) is 0. The lowest BCUT2D eigenvalue weighted by Crippen LogP contribution is -2.04. The maximum atomic E-state index is 3.66. The van der Waals surface area contributed by atoms with E-state index in [1.54, 1.807) is 12.4 Å². The van der Waals surface area contributed by atoms with E-state index in [1.807, 2.05) is 71.6 Å². The summed E-state index contributed by atoms with van der Waals surface area (Å²) in [6.45, 7) is 11.0. The molecular weight excluding hydrogens is 230 g/mol. The molecule has 2 aromatic rings. The number of hydrogen-bond donors (Lipinski definition) is 0. The monoisotopic (exact) mass is 249 g/mol. The molecule has 0 aliphatic carbocycles. The highest BCUT2D eigenvalue weighted by Gasteiger charge is 1.93. The van der Waals surface area contributed by atoms with Gasteiger partial charge in [0, 0.05) is 18.1 Å². The zero-order valence-electron chi connectivity index (χ0n) is 11.1. The van der Waals surface area contributed by atoms with Gasteiger partial charge < -0.3 is 4.90 Å². The number of hydrogen-bond acceptors (Lipinski definition) is 1. The molecule has 19 heavy (non-hydrogen) atoms. The van der Waals surface area contributed by atoms with Gasteiger partial charge in [-0.2, -0.15) is 0 Å². The van der Waals surface area contributed by atoms with Crippen molar-refractivity contribution in [2.75, 3.05) is 4.90 Å². The molecule has 0 saturated heterocycles. The fourth-order valence-corrected chi connectivity index (χ4v) is 1.47. The van der Waals surface area contributed by atoms with Crippen LogP contribution in [0.15, 0.2) is 92.8 Å². The van der Waals surface area contributed by atoms with E-state index in [2.05, 4.69) is 19.7 Å². The highest BCUT2D eigenvalue weighted by molar-refractivity contribution is 5.51. The van der Waals surface area contributed by atoms with Crippen LogP contribution in [0.5, 0.6) is 0 Å². The van der Waals surface area contributed by atoms with Crippen LogP contribution in [0.3, 0.4) is 0 Å². The minimum absolute atomic E-state index is 1.08. The standard InChI is InChI=1S/C10H11N.C8H8/c1-3-11(4-2)10-8-6-5-7-9-10;1-2-8-6-4-3-5-7-8/h3-9H,1-2H2;2-7H,1H2. The summed E-state index contributed by atoms with van der Waals surface area (Å²) >= 11 is 0. The van der Waals surface area contributed by atoms with E-state index in [0.29, 0.717) is 0 Å². The highest BCUT2D eigenvalue weighted by Crippen LogP contribution is 2.12. The third-order valence-corrected chi connectivity index (χ3v) is 2.48.